The summed E-state index contributed by atoms with van der Waals surface area (Å²) in [6.45, 7) is 6.19. The van der Waals surface area contributed by atoms with Crippen molar-refractivity contribution in [2.24, 2.45) is 5.92 Å². The highest BCUT2D eigenvalue weighted by Crippen LogP contribution is 2.34. The molecular formula is C30H46N6O4S. The fourth-order valence-corrected chi connectivity index (χ4v) is 6.78. The van der Waals surface area contributed by atoms with E-state index >= 15 is 0 Å². The minimum absolute atomic E-state index is 0.0431. The second-order valence-corrected chi connectivity index (χ2v) is 14.0. The molecule has 11 heteroatoms. The smallest absolute Gasteiger partial charge is 0.251 e. The van der Waals surface area contributed by atoms with Crippen molar-refractivity contribution in [1.82, 2.24) is 24.5 Å². The third kappa shape index (κ3) is 7.96. The van der Waals surface area contributed by atoms with Gasteiger partial charge in [0.2, 0.25) is 16.0 Å². The standard InChI is InChI=1S/C30H46N6O4S/c1-20(2)24-19-31-30(34-26(24)17-21-9-7-8-10-27(21)36(4)41(6,38)39)33-25-12-11-22(18-28(25)40-5)29(37)32-23-13-15-35(3)16-14-23/h11-12,18-21,23,27H,7-10,13-17H2,1-6H3,(H,32,37)(H,31,33,34)/t21-,27+/m0/s1. The van der Waals surface area contributed by atoms with Crippen LogP contribution in [0, 0.1) is 5.92 Å². The molecule has 0 unspecified atom stereocenters. The number of methoxy groups -OCH3 is 1. The third-order valence-electron chi connectivity index (χ3n) is 8.60. The molecule has 1 aromatic heterocycles. The third-order valence-corrected chi connectivity index (χ3v) is 9.92. The molecule has 1 aromatic carbocycles. The van der Waals surface area contributed by atoms with Crippen molar-refractivity contribution in [1.29, 1.82) is 0 Å². The lowest BCUT2D eigenvalue weighted by Gasteiger charge is -2.37. The number of amides is 1. The molecule has 2 N–H and O–H groups in total. The van der Waals surface area contributed by atoms with E-state index in [9.17, 15) is 13.2 Å². The molecule has 1 aliphatic carbocycles. The first-order valence-corrected chi connectivity index (χ1v) is 16.5. The highest BCUT2D eigenvalue weighted by molar-refractivity contribution is 7.88. The Labute approximate surface area is 245 Å². The van der Waals surface area contributed by atoms with E-state index in [1.807, 2.05) is 12.3 Å². The van der Waals surface area contributed by atoms with Crippen molar-refractivity contribution in [2.75, 3.05) is 45.9 Å². The van der Waals surface area contributed by atoms with E-state index in [0.717, 1.165) is 62.9 Å². The van der Waals surface area contributed by atoms with E-state index in [1.165, 1.54) is 6.26 Å². The molecule has 0 spiro atoms. The number of nitrogens with one attached hydrogen (secondary N) is 2. The Morgan fingerprint density at radius 2 is 1.88 bits per heavy atom. The van der Waals surface area contributed by atoms with Gasteiger partial charge in [0, 0.05) is 36.6 Å². The number of ether oxygens (including phenoxy) is 1. The summed E-state index contributed by atoms with van der Waals surface area (Å²) >= 11 is 0. The molecule has 4 rings (SSSR count). The molecule has 226 valence electrons. The van der Waals surface area contributed by atoms with E-state index in [4.69, 9.17) is 9.72 Å². The molecule has 2 aromatic rings. The van der Waals surface area contributed by atoms with Crippen LogP contribution in [-0.2, 0) is 16.4 Å². The predicted octanol–water partition coefficient (Wildman–Crippen LogP) is 4.17. The predicted molar refractivity (Wildman–Crippen MR) is 162 cm³/mol. The number of carbonyl (C=O) groups is 1. The highest BCUT2D eigenvalue weighted by atomic mass is 32.2. The number of anilines is 2. The van der Waals surface area contributed by atoms with E-state index in [2.05, 4.69) is 41.4 Å². The van der Waals surface area contributed by atoms with Crippen LogP contribution < -0.4 is 15.4 Å². The van der Waals surface area contributed by atoms with Crippen LogP contribution in [-0.4, -0.2) is 86.1 Å². The summed E-state index contributed by atoms with van der Waals surface area (Å²) < 4.78 is 31.9. The SMILES string of the molecule is COc1cc(C(=O)NC2CCN(C)CC2)ccc1Nc1ncc(C(C)C)c(C[C@@H]2CCCC[C@H]2N(C)S(C)(=O)=O)n1. The molecule has 1 aliphatic heterocycles. The van der Waals surface area contributed by atoms with Gasteiger partial charge >= 0.3 is 0 Å². The van der Waals surface area contributed by atoms with Crippen LogP contribution in [0.1, 0.15) is 79.9 Å². The first kappa shape index (κ1) is 31.2. The lowest BCUT2D eigenvalue weighted by atomic mass is 9.80. The van der Waals surface area contributed by atoms with Crippen molar-refractivity contribution in [3.8, 4) is 5.75 Å². The Bertz CT molecular complexity index is 1310. The molecule has 2 heterocycles. The Kier molecular flexibility index (Phi) is 10.3. The maximum atomic E-state index is 12.9. The second kappa shape index (κ2) is 13.5. The molecule has 1 saturated heterocycles. The number of benzene rings is 1. The average Bonchev–Trinajstić information content (AvgIpc) is 2.94. The number of carbonyl (C=O) groups excluding carboxylic acids is 1. The fraction of sp³-hybridized carbons (Fsp3) is 0.633. The average molecular weight is 587 g/mol. The van der Waals surface area contributed by atoms with Crippen LogP contribution in [0.4, 0.5) is 11.6 Å². The van der Waals surface area contributed by atoms with Gasteiger partial charge in [0.05, 0.1) is 19.1 Å². The number of hydrogen-bond acceptors (Lipinski definition) is 8. The van der Waals surface area contributed by atoms with Gasteiger partial charge in [0.25, 0.3) is 5.91 Å². The van der Waals surface area contributed by atoms with Crippen LogP contribution in [0.5, 0.6) is 5.75 Å². The topological polar surface area (TPSA) is 117 Å². The minimum Gasteiger partial charge on any atom is -0.495 e. The number of likely N-dealkylation sites (tertiary alicyclic amines) is 1. The maximum absolute atomic E-state index is 12.9. The monoisotopic (exact) mass is 586 g/mol. The second-order valence-electron chi connectivity index (χ2n) is 11.9. The lowest BCUT2D eigenvalue weighted by molar-refractivity contribution is 0.0916. The van der Waals surface area contributed by atoms with E-state index < -0.39 is 10.0 Å². The number of sulfonamides is 1. The maximum Gasteiger partial charge on any atom is 0.251 e. The van der Waals surface area contributed by atoms with Gasteiger partial charge in [-0.15, -0.1) is 0 Å². The summed E-state index contributed by atoms with van der Waals surface area (Å²) in [5.74, 6) is 1.27. The largest absolute Gasteiger partial charge is 0.495 e. The molecule has 0 bridgehead atoms. The molecule has 0 radical (unpaired) electrons. The van der Waals surface area contributed by atoms with Crippen LogP contribution in [0.25, 0.3) is 0 Å². The van der Waals surface area contributed by atoms with Gasteiger partial charge in [-0.3, -0.25) is 4.79 Å². The van der Waals surface area contributed by atoms with Crippen LogP contribution in [0.15, 0.2) is 24.4 Å². The molecular weight excluding hydrogens is 540 g/mol. The van der Waals surface area contributed by atoms with E-state index in [-0.39, 0.29) is 29.8 Å². The molecule has 1 amide bonds. The normalized spacial score (nSPS) is 20.8. The number of piperidine rings is 1. The van der Waals surface area contributed by atoms with Gasteiger partial charge in [-0.25, -0.2) is 22.7 Å². The van der Waals surface area contributed by atoms with Crippen molar-refractivity contribution < 1.29 is 17.9 Å². The molecule has 10 nitrogen and oxygen atoms in total. The van der Waals surface area contributed by atoms with Gasteiger partial charge in [0.1, 0.15) is 5.75 Å². The summed E-state index contributed by atoms with van der Waals surface area (Å²) in [5, 5.41) is 6.44. The van der Waals surface area contributed by atoms with Crippen LogP contribution in [0.3, 0.4) is 0 Å². The number of nitrogens with zero attached hydrogens (tertiary/aromatic N) is 4. The molecule has 1 saturated carbocycles. The van der Waals surface area contributed by atoms with Gasteiger partial charge in [-0.1, -0.05) is 26.7 Å². The summed E-state index contributed by atoms with van der Waals surface area (Å²) in [6, 6.07) is 5.48. The highest BCUT2D eigenvalue weighted by Gasteiger charge is 2.33. The summed E-state index contributed by atoms with van der Waals surface area (Å²) in [6.07, 6.45) is 9.64. The molecule has 41 heavy (non-hydrogen) atoms. The van der Waals surface area contributed by atoms with Crippen molar-refractivity contribution in [3.05, 3.63) is 41.2 Å². The minimum atomic E-state index is -3.29. The number of hydrogen-bond donors (Lipinski definition) is 2. The van der Waals surface area contributed by atoms with E-state index in [1.54, 1.807) is 30.6 Å². The fourth-order valence-electron chi connectivity index (χ4n) is 6.01. The van der Waals surface area contributed by atoms with Crippen molar-refractivity contribution in [3.63, 3.8) is 0 Å². The zero-order chi connectivity index (χ0) is 29.7. The Morgan fingerprint density at radius 3 is 2.54 bits per heavy atom. The van der Waals surface area contributed by atoms with Crippen molar-refractivity contribution in [2.45, 2.75) is 76.8 Å². The Balaban J connectivity index is 1.53. The van der Waals surface area contributed by atoms with Crippen LogP contribution >= 0.6 is 0 Å². The first-order chi connectivity index (χ1) is 19.5. The number of aromatic nitrogens is 2. The van der Waals surface area contributed by atoms with Gasteiger partial charge in [0.15, 0.2) is 0 Å². The lowest BCUT2D eigenvalue weighted by Crippen LogP contribution is -2.43. The summed E-state index contributed by atoms with van der Waals surface area (Å²) in [7, 11) is 2.08. The van der Waals surface area contributed by atoms with E-state index in [0.29, 0.717) is 29.4 Å². The zero-order valence-electron chi connectivity index (χ0n) is 25.3. The Morgan fingerprint density at radius 1 is 1.17 bits per heavy atom. The van der Waals surface area contributed by atoms with Crippen molar-refractivity contribution >= 4 is 27.6 Å². The molecule has 2 atom stereocenters. The van der Waals surface area contributed by atoms with Crippen LogP contribution in [0.2, 0.25) is 0 Å². The zero-order valence-corrected chi connectivity index (χ0v) is 26.1. The number of rotatable bonds is 10. The Hall–Kier alpha value is -2.76. The van der Waals surface area contributed by atoms with Gasteiger partial charge in [-0.05, 0) is 87.8 Å². The molecule has 2 fully saturated rings. The first-order valence-electron chi connectivity index (χ1n) is 14.7. The quantitative estimate of drug-likeness (QED) is 0.426. The summed E-state index contributed by atoms with van der Waals surface area (Å²) in [5.41, 5.74) is 3.21. The van der Waals surface area contributed by atoms with Gasteiger partial charge in [-0.2, -0.15) is 0 Å². The molecule has 2 aliphatic rings. The summed E-state index contributed by atoms with van der Waals surface area (Å²) in [4.78, 5) is 24.7. The van der Waals surface area contributed by atoms with Gasteiger partial charge < -0.3 is 20.3 Å².